The average Bonchev–Trinajstić information content (AvgIpc) is 2.75. The Hall–Kier alpha value is -1.78. The lowest BCUT2D eigenvalue weighted by molar-refractivity contribution is -0.126. The molecule has 5 heteroatoms. The van der Waals surface area contributed by atoms with Gasteiger partial charge in [-0.2, -0.15) is 0 Å². The van der Waals surface area contributed by atoms with Crippen molar-refractivity contribution in [3.8, 4) is 0 Å². The molecule has 1 heterocycles. The minimum Gasteiger partial charge on any atom is -0.466 e. The van der Waals surface area contributed by atoms with Gasteiger partial charge >= 0.3 is 0 Å². The van der Waals surface area contributed by atoms with Gasteiger partial charge in [0.05, 0.1) is 5.56 Å². The Morgan fingerprint density at radius 3 is 2.42 bits per heavy atom. The SMILES string of the molecule is Cc1cc(C(=O)NNC(=O)C2CCCCC2)c(C)o1. The van der Waals surface area contributed by atoms with E-state index in [9.17, 15) is 9.59 Å². The van der Waals surface area contributed by atoms with Gasteiger partial charge in [-0.1, -0.05) is 19.3 Å². The molecule has 2 N–H and O–H groups in total. The van der Waals surface area contributed by atoms with E-state index in [2.05, 4.69) is 10.9 Å². The van der Waals surface area contributed by atoms with Gasteiger partial charge < -0.3 is 4.42 Å². The maximum absolute atomic E-state index is 11.9. The largest absolute Gasteiger partial charge is 0.466 e. The molecule has 1 aliphatic rings. The Balaban J connectivity index is 1.86. The summed E-state index contributed by atoms with van der Waals surface area (Å²) in [6.07, 6.45) is 5.19. The zero-order valence-corrected chi connectivity index (χ0v) is 11.4. The standard InChI is InChI=1S/C14H20N2O3/c1-9-8-12(10(2)19-9)14(18)16-15-13(17)11-6-4-3-5-7-11/h8,11H,3-7H2,1-2H3,(H,15,17)(H,16,18). The minimum atomic E-state index is -0.335. The summed E-state index contributed by atoms with van der Waals surface area (Å²) in [6.45, 7) is 3.51. The Morgan fingerprint density at radius 2 is 1.84 bits per heavy atom. The molecule has 1 aliphatic carbocycles. The fourth-order valence-corrected chi connectivity index (χ4v) is 2.51. The van der Waals surface area contributed by atoms with E-state index < -0.39 is 0 Å². The van der Waals surface area contributed by atoms with Crippen LogP contribution in [0.25, 0.3) is 0 Å². The average molecular weight is 264 g/mol. The number of hydrogen-bond acceptors (Lipinski definition) is 3. The zero-order valence-electron chi connectivity index (χ0n) is 11.4. The van der Waals surface area contributed by atoms with Crippen LogP contribution >= 0.6 is 0 Å². The number of carbonyl (C=O) groups excluding carboxylic acids is 2. The summed E-state index contributed by atoms with van der Waals surface area (Å²) < 4.78 is 5.29. The normalized spacial score (nSPS) is 16.1. The number of aryl methyl sites for hydroxylation is 2. The molecule has 104 valence electrons. The highest BCUT2D eigenvalue weighted by Crippen LogP contribution is 2.23. The molecule has 0 unspecified atom stereocenters. The Bertz CT molecular complexity index is 473. The summed E-state index contributed by atoms with van der Waals surface area (Å²) in [5, 5.41) is 0. The van der Waals surface area contributed by atoms with E-state index in [-0.39, 0.29) is 17.7 Å². The van der Waals surface area contributed by atoms with Crippen LogP contribution < -0.4 is 10.9 Å². The van der Waals surface area contributed by atoms with E-state index in [4.69, 9.17) is 4.42 Å². The third-order valence-corrected chi connectivity index (χ3v) is 3.56. The van der Waals surface area contributed by atoms with Crippen molar-refractivity contribution in [3.05, 3.63) is 23.2 Å². The van der Waals surface area contributed by atoms with Crippen LogP contribution in [0.5, 0.6) is 0 Å². The van der Waals surface area contributed by atoms with Crippen molar-refractivity contribution in [3.63, 3.8) is 0 Å². The molecule has 2 rings (SSSR count). The van der Waals surface area contributed by atoms with Crippen LogP contribution in [0.4, 0.5) is 0 Å². The first-order valence-electron chi connectivity index (χ1n) is 6.75. The highest BCUT2D eigenvalue weighted by Gasteiger charge is 2.22. The quantitative estimate of drug-likeness (QED) is 0.805. The third-order valence-electron chi connectivity index (χ3n) is 3.56. The smallest absolute Gasteiger partial charge is 0.273 e. The number of hydrogen-bond donors (Lipinski definition) is 2. The Morgan fingerprint density at radius 1 is 1.16 bits per heavy atom. The van der Waals surface area contributed by atoms with Crippen LogP contribution in [0.1, 0.15) is 54.0 Å². The second-order valence-electron chi connectivity index (χ2n) is 5.11. The van der Waals surface area contributed by atoms with Crippen molar-refractivity contribution in [1.82, 2.24) is 10.9 Å². The summed E-state index contributed by atoms with van der Waals surface area (Å²) in [6, 6.07) is 1.66. The van der Waals surface area contributed by atoms with E-state index in [1.165, 1.54) is 6.42 Å². The fourth-order valence-electron chi connectivity index (χ4n) is 2.51. The lowest BCUT2D eigenvalue weighted by Crippen LogP contribution is -2.45. The van der Waals surface area contributed by atoms with Gasteiger partial charge in [0, 0.05) is 5.92 Å². The summed E-state index contributed by atoms with van der Waals surface area (Å²) in [7, 11) is 0. The topological polar surface area (TPSA) is 71.3 Å². The zero-order chi connectivity index (χ0) is 13.8. The number of carbonyl (C=O) groups is 2. The van der Waals surface area contributed by atoms with Crippen LogP contribution in [-0.2, 0) is 4.79 Å². The fraction of sp³-hybridized carbons (Fsp3) is 0.571. The van der Waals surface area contributed by atoms with E-state index in [1.807, 2.05) is 0 Å². The lowest BCUT2D eigenvalue weighted by Gasteiger charge is -2.20. The first-order valence-corrected chi connectivity index (χ1v) is 6.75. The Kier molecular flexibility index (Phi) is 4.24. The number of furan rings is 1. The van der Waals surface area contributed by atoms with Gasteiger partial charge in [-0.05, 0) is 32.8 Å². The van der Waals surface area contributed by atoms with Crippen molar-refractivity contribution < 1.29 is 14.0 Å². The molecule has 5 nitrogen and oxygen atoms in total. The van der Waals surface area contributed by atoms with Gasteiger partial charge in [0.25, 0.3) is 5.91 Å². The number of hydrazine groups is 1. The lowest BCUT2D eigenvalue weighted by atomic mass is 9.89. The predicted molar refractivity (Wildman–Crippen MR) is 70.4 cm³/mol. The summed E-state index contributed by atoms with van der Waals surface area (Å²) in [4.78, 5) is 23.8. The second kappa shape index (κ2) is 5.91. The van der Waals surface area contributed by atoms with Gasteiger partial charge in [0.2, 0.25) is 5.91 Å². The molecule has 0 saturated heterocycles. The summed E-state index contributed by atoms with van der Waals surface area (Å²) in [5.74, 6) is 0.842. The highest BCUT2D eigenvalue weighted by molar-refractivity contribution is 5.96. The summed E-state index contributed by atoms with van der Waals surface area (Å²) >= 11 is 0. The van der Waals surface area contributed by atoms with E-state index in [0.717, 1.165) is 25.7 Å². The van der Waals surface area contributed by atoms with E-state index in [0.29, 0.717) is 17.1 Å². The van der Waals surface area contributed by atoms with Gasteiger partial charge in [-0.15, -0.1) is 0 Å². The number of nitrogens with one attached hydrogen (secondary N) is 2. The molecule has 1 fully saturated rings. The molecule has 1 saturated carbocycles. The van der Waals surface area contributed by atoms with Crippen molar-refractivity contribution >= 4 is 11.8 Å². The third kappa shape index (κ3) is 3.36. The molecular formula is C14H20N2O3. The molecule has 0 radical (unpaired) electrons. The van der Waals surface area contributed by atoms with E-state index >= 15 is 0 Å². The molecule has 0 aromatic carbocycles. The molecule has 0 aliphatic heterocycles. The number of amides is 2. The van der Waals surface area contributed by atoms with Gasteiger partial charge in [0.1, 0.15) is 11.5 Å². The van der Waals surface area contributed by atoms with Crippen LogP contribution in [0.2, 0.25) is 0 Å². The second-order valence-corrected chi connectivity index (χ2v) is 5.11. The maximum Gasteiger partial charge on any atom is 0.273 e. The Labute approximate surface area is 112 Å². The molecule has 0 spiro atoms. The van der Waals surface area contributed by atoms with Crippen molar-refractivity contribution in [1.29, 1.82) is 0 Å². The first kappa shape index (κ1) is 13.6. The first-order chi connectivity index (χ1) is 9.08. The van der Waals surface area contributed by atoms with Crippen LogP contribution in [0.15, 0.2) is 10.5 Å². The van der Waals surface area contributed by atoms with Crippen LogP contribution in [0.3, 0.4) is 0 Å². The van der Waals surface area contributed by atoms with Crippen molar-refractivity contribution in [2.24, 2.45) is 5.92 Å². The van der Waals surface area contributed by atoms with Gasteiger partial charge in [0.15, 0.2) is 0 Å². The van der Waals surface area contributed by atoms with Crippen LogP contribution in [-0.4, -0.2) is 11.8 Å². The minimum absolute atomic E-state index is 0.0289. The summed E-state index contributed by atoms with van der Waals surface area (Å²) in [5.41, 5.74) is 5.42. The van der Waals surface area contributed by atoms with Gasteiger partial charge in [-0.25, -0.2) is 0 Å². The molecule has 0 bridgehead atoms. The maximum atomic E-state index is 11.9. The predicted octanol–water partition coefficient (Wildman–Crippen LogP) is 2.24. The molecular weight excluding hydrogens is 244 g/mol. The molecule has 19 heavy (non-hydrogen) atoms. The molecule has 0 atom stereocenters. The highest BCUT2D eigenvalue weighted by atomic mass is 16.3. The monoisotopic (exact) mass is 264 g/mol. The molecule has 2 amide bonds. The molecule has 1 aromatic heterocycles. The number of rotatable bonds is 2. The van der Waals surface area contributed by atoms with Crippen LogP contribution in [0, 0.1) is 19.8 Å². The molecule has 1 aromatic rings. The van der Waals surface area contributed by atoms with Crippen molar-refractivity contribution in [2.45, 2.75) is 46.0 Å². The van der Waals surface area contributed by atoms with Gasteiger partial charge in [-0.3, -0.25) is 20.4 Å². The van der Waals surface area contributed by atoms with E-state index in [1.54, 1.807) is 19.9 Å². The van der Waals surface area contributed by atoms with Crippen molar-refractivity contribution in [2.75, 3.05) is 0 Å².